The van der Waals surface area contributed by atoms with Crippen LogP contribution in [0.1, 0.15) is 54.6 Å². The monoisotopic (exact) mass is 366 g/mol. The molecule has 0 saturated carbocycles. The van der Waals surface area contributed by atoms with Gasteiger partial charge in [0.2, 0.25) is 0 Å². The van der Waals surface area contributed by atoms with Crippen LogP contribution in [0.3, 0.4) is 0 Å². The van der Waals surface area contributed by atoms with Crippen LogP contribution in [-0.2, 0) is 19.4 Å². The summed E-state index contributed by atoms with van der Waals surface area (Å²) in [4.78, 5) is 12.4. The molecular formula is C20H26N6O. The maximum Gasteiger partial charge on any atom is 0.251 e. The van der Waals surface area contributed by atoms with Gasteiger partial charge in [0, 0.05) is 50.2 Å². The second-order valence-electron chi connectivity index (χ2n) is 7.26. The first-order valence-electron chi connectivity index (χ1n) is 9.81. The lowest BCUT2D eigenvalue weighted by molar-refractivity contribution is 0.0954. The van der Waals surface area contributed by atoms with Crippen molar-refractivity contribution in [2.24, 2.45) is 5.10 Å². The molecule has 0 spiro atoms. The molecule has 0 saturated heterocycles. The summed E-state index contributed by atoms with van der Waals surface area (Å²) >= 11 is 0. The molecule has 0 bridgehead atoms. The number of hydrogen-bond acceptors (Lipinski definition) is 5. The number of amides is 1. The van der Waals surface area contributed by atoms with Gasteiger partial charge in [-0.2, -0.15) is 5.10 Å². The van der Waals surface area contributed by atoms with E-state index in [0.717, 1.165) is 49.0 Å². The molecule has 1 aromatic heterocycles. The third-order valence-electron chi connectivity index (χ3n) is 5.22. The number of rotatable bonds is 5. The van der Waals surface area contributed by atoms with Crippen molar-refractivity contribution >= 4 is 17.3 Å². The number of carbonyl (C=O) groups excluding carboxylic acids is 1. The van der Waals surface area contributed by atoms with Crippen LogP contribution in [0.5, 0.6) is 0 Å². The quantitative estimate of drug-likeness (QED) is 0.882. The first kappa shape index (κ1) is 17.7. The molecule has 7 heteroatoms. The highest BCUT2D eigenvalue weighted by molar-refractivity contribution is 5.94. The molecule has 0 atom stereocenters. The lowest BCUT2D eigenvalue weighted by atomic mass is 10.2. The van der Waals surface area contributed by atoms with Crippen LogP contribution in [-0.4, -0.2) is 39.5 Å². The minimum atomic E-state index is -0.0572. The topological polar surface area (TPSA) is 75.4 Å². The summed E-state index contributed by atoms with van der Waals surface area (Å²) in [6.07, 6.45) is 6.32. The van der Waals surface area contributed by atoms with Crippen molar-refractivity contribution in [1.29, 1.82) is 0 Å². The Morgan fingerprint density at radius 3 is 2.70 bits per heavy atom. The minimum Gasteiger partial charge on any atom is -0.352 e. The molecule has 3 heterocycles. The molecule has 2 aliphatic rings. The van der Waals surface area contributed by atoms with Crippen molar-refractivity contribution in [3.63, 3.8) is 0 Å². The highest BCUT2D eigenvalue weighted by Gasteiger charge is 2.16. The van der Waals surface area contributed by atoms with Gasteiger partial charge in [-0.1, -0.05) is 6.42 Å². The Kier molecular flexibility index (Phi) is 5.18. The Balaban J connectivity index is 1.31. The number of aromatic nitrogens is 3. The van der Waals surface area contributed by atoms with E-state index >= 15 is 0 Å². The maximum absolute atomic E-state index is 12.4. The van der Waals surface area contributed by atoms with Crippen LogP contribution >= 0.6 is 0 Å². The minimum absolute atomic E-state index is 0.0572. The number of aryl methyl sites for hydroxylation is 1. The van der Waals surface area contributed by atoms with E-state index in [1.165, 1.54) is 19.3 Å². The fraction of sp³-hybridized carbons (Fsp3) is 0.500. The normalized spacial score (nSPS) is 16.6. The van der Waals surface area contributed by atoms with Gasteiger partial charge < -0.3 is 9.88 Å². The Bertz CT molecular complexity index is 839. The van der Waals surface area contributed by atoms with Crippen LogP contribution in [0.2, 0.25) is 0 Å². The van der Waals surface area contributed by atoms with Crippen molar-refractivity contribution in [2.75, 3.05) is 18.1 Å². The number of hydrogen-bond donors (Lipinski definition) is 1. The zero-order valence-electron chi connectivity index (χ0n) is 15.8. The van der Waals surface area contributed by atoms with Crippen LogP contribution in [0.15, 0.2) is 29.4 Å². The van der Waals surface area contributed by atoms with E-state index in [1.54, 1.807) is 0 Å². The molecule has 1 N–H and O–H groups in total. The summed E-state index contributed by atoms with van der Waals surface area (Å²) in [6.45, 7) is 4.50. The van der Waals surface area contributed by atoms with Gasteiger partial charge in [-0.15, -0.1) is 10.2 Å². The Morgan fingerprint density at radius 1 is 1.07 bits per heavy atom. The first-order chi connectivity index (χ1) is 13.2. The number of fused-ring (bicyclic) bond motifs is 1. The third kappa shape index (κ3) is 4.02. The average molecular weight is 366 g/mol. The molecule has 1 aromatic carbocycles. The number of hydrazone groups is 1. The maximum atomic E-state index is 12.4. The summed E-state index contributed by atoms with van der Waals surface area (Å²) < 4.78 is 2.23. The molecular weight excluding hydrogens is 340 g/mol. The SMILES string of the molecule is CC1=NN(c2ccc(C(=O)NCCc3nnc4n3CCCCC4)cc2)CC1. The average Bonchev–Trinajstić information content (AvgIpc) is 3.21. The van der Waals surface area contributed by atoms with Crippen LogP contribution in [0, 0.1) is 0 Å². The van der Waals surface area contributed by atoms with Crippen molar-refractivity contribution < 1.29 is 4.79 Å². The van der Waals surface area contributed by atoms with Crippen molar-refractivity contribution in [1.82, 2.24) is 20.1 Å². The van der Waals surface area contributed by atoms with E-state index < -0.39 is 0 Å². The van der Waals surface area contributed by atoms with Gasteiger partial charge in [-0.25, -0.2) is 0 Å². The van der Waals surface area contributed by atoms with E-state index in [0.29, 0.717) is 18.5 Å². The lowest BCUT2D eigenvalue weighted by Gasteiger charge is -2.14. The Labute approximate surface area is 159 Å². The highest BCUT2D eigenvalue weighted by Crippen LogP contribution is 2.20. The first-order valence-corrected chi connectivity index (χ1v) is 9.81. The van der Waals surface area contributed by atoms with Crippen molar-refractivity contribution in [3.8, 4) is 0 Å². The van der Waals surface area contributed by atoms with Gasteiger partial charge in [0.15, 0.2) is 0 Å². The van der Waals surface area contributed by atoms with Gasteiger partial charge in [-0.3, -0.25) is 9.80 Å². The predicted molar refractivity (Wildman–Crippen MR) is 105 cm³/mol. The van der Waals surface area contributed by atoms with Gasteiger partial charge in [0.05, 0.1) is 5.69 Å². The van der Waals surface area contributed by atoms with Crippen LogP contribution in [0.4, 0.5) is 5.69 Å². The second-order valence-corrected chi connectivity index (χ2v) is 7.26. The van der Waals surface area contributed by atoms with Gasteiger partial charge in [-0.05, 0) is 44.0 Å². The molecule has 2 aliphatic heterocycles. The van der Waals surface area contributed by atoms with E-state index in [2.05, 4.69) is 25.2 Å². The molecule has 27 heavy (non-hydrogen) atoms. The Hall–Kier alpha value is -2.70. The summed E-state index contributed by atoms with van der Waals surface area (Å²) in [5, 5.41) is 18.1. The van der Waals surface area contributed by atoms with Gasteiger partial charge in [0.25, 0.3) is 5.91 Å². The molecule has 7 nitrogen and oxygen atoms in total. The number of nitrogens with zero attached hydrogens (tertiary/aromatic N) is 5. The van der Waals surface area contributed by atoms with E-state index in [1.807, 2.05) is 36.2 Å². The molecule has 0 fully saturated rings. The zero-order chi connectivity index (χ0) is 18.6. The molecule has 142 valence electrons. The Morgan fingerprint density at radius 2 is 1.93 bits per heavy atom. The number of benzene rings is 1. The summed E-state index contributed by atoms with van der Waals surface area (Å²) in [6, 6.07) is 7.62. The fourth-order valence-corrected chi connectivity index (χ4v) is 3.67. The van der Waals surface area contributed by atoms with Crippen molar-refractivity contribution in [3.05, 3.63) is 41.5 Å². The molecule has 4 rings (SSSR count). The molecule has 2 aromatic rings. The largest absolute Gasteiger partial charge is 0.352 e. The van der Waals surface area contributed by atoms with E-state index in [4.69, 9.17) is 0 Å². The summed E-state index contributed by atoms with van der Waals surface area (Å²) in [5.74, 6) is 2.01. The molecule has 0 unspecified atom stereocenters. The second kappa shape index (κ2) is 7.90. The lowest BCUT2D eigenvalue weighted by Crippen LogP contribution is -2.26. The van der Waals surface area contributed by atoms with E-state index in [9.17, 15) is 4.79 Å². The fourth-order valence-electron chi connectivity index (χ4n) is 3.67. The summed E-state index contributed by atoms with van der Waals surface area (Å²) in [7, 11) is 0. The molecule has 0 radical (unpaired) electrons. The number of anilines is 1. The predicted octanol–water partition coefficient (Wildman–Crippen LogP) is 2.56. The molecule has 0 aliphatic carbocycles. The molecule has 1 amide bonds. The number of nitrogens with one attached hydrogen (secondary N) is 1. The smallest absolute Gasteiger partial charge is 0.251 e. The van der Waals surface area contributed by atoms with Crippen LogP contribution < -0.4 is 10.3 Å². The van der Waals surface area contributed by atoms with Gasteiger partial charge in [0.1, 0.15) is 11.6 Å². The number of carbonyl (C=O) groups is 1. The third-order valence-corrected chi connectivity index (χ3v) is 5.22. The highest BCUT2D eigenvalue weighted by atomic mass is 16.1. The van der Waals surface area contributed by atoms with Crippen LogP contribution in [0.25, 0.3) is 0 Å². The van der Waals surface area contributed by atoms with Crippen molar-refractivity contribution in [2.45, 2.75) is 52.0 Å². The van der Waals surface area contributed by atoms with E-state index in [-0.39, 0.29) is 5.91 Å². The van der Waals surface area contributed by atoms with Gasteiger partial charge >= 0.3 is 0 Å². The standard InChI is InChI=1S/C20H26N6O/c1-15-11-14-26(24-15)17-8-6-16(7-9-17)20(27)21-12-10-19-23-22-18-5-3-2-4-13-25(18)19/h6-9H,2-5,10-14H2,1H3,(H,21,27). The summed E-state index contributed by atoms with van der Waals surface area (Å²) in [5.41, 5.74) is 2.83. The zero-order valence-corrected chi connectivity index (χ0v) is 15.8.